The monoisotopic (exact) mass is 478 g/mol. The van der Waals surface area contributed by atoms with Gasteiger partial charge in [0.15, 0.2) is 11.0 Å². The fourth-order valence-corrected chi connectivity index (χ4v) is 4.62. The minimum Gasteiger partial charge on any atom is -0.383 e. The predicted molar refractivity (Wildman–Crippen MR) is 110 cm³/mol. The Morgan fingerprint density at radius 2 is 2.14 bits per heavy atom. The smallest absolute Gasteiger partial charge is 0.237 e. The Labute approximate surface area is 177 Å². The predicted octanol–water partition coefficient (Wildman–Crippen LogP) is 4.15. The number of pyridine rings is 1. The van der Waals surface area contributed by atoms with Crippen molar-refractivity contribution in [2.75, 3.05) is 13.7 Å². The molecule has 0 spiro atoms. The normalized spacial score (nSPS) is 11.2. The number of nitrogens with zero attached hydrogens (tertiary/aromatic N) is 6. The molecule has 4 rings (SSSR count). The molecule has 0 fully saturated rings. The highest BCUT2D eigenvalue weighted by atomic mass is 79.9. The van der Waals surface area contributed by atoms with Gasteiger partial charge in [-0.05, 0) is 34.1 Å². The van der Waals surface area contributed by atoms with Crippen LogP contribution in [0.25, 0.3) is 22.1 Å². The van der Waals surface area contributed by atoms with Crippen molar-refractivity contribution < 1.29 is 9.26 Å². The van der Waals surface area contributed by atoms with Crippen LogP contribution in [0.3, 0.4) is 0 Å². The molecule has 4 heterocycles. The molecular weight excluding hydrogens is 464 g/mol. The number of thiophene rings is 1. The van der Waals surface area contributed by atoms with Crippen LogP contribution in [0.15, 0.2) is 50.1 Å². The van der Waals surface area contributed by atoms with E-state index in [1.54, 1.807) is 30.8 Å². The van der Waals surface area contributed by atoms with Crippen LogP contribution in [-0.2, 0) is 17.0 Å². The first-order valence-electron chi connectivity index (χ1n) is 8.27. The lowest BCUT2D eigenvalue weighted by Gasteiger charge is -2.08. The Morgan fingerprint density at radius 1 is 1.29 bits per heavy atom. The summed E-state index contributed by atoms with van der Waals surface area (Å²) in [5.74, 6) is 2.40. The molecule has 0 bridgehead atoms. The first-order valence-corrected chi connectivity index (χ1v) is 10.9. The maximum atomic E-state index is 5.38. The maximum Gasteiger partial charge on any atom is 0.237 e. The van der Waals surface area contributed by atoms with Gasteiger partial charge >= 0.3 is 0 Å². The van der Waals surface area contributed by atoms with Gasteiger partial charge in [-0.25, -0.2) is 0 Å². The molecule has 0 aliphatic carbocycles. The minimum atomic E-state index is 0.501. The van der Waals surface area contributed by atoms with Gasteiger partial charge in [0, 0.05) is 34.9 Å². The van der Waals surface area contributed by atoms with Gasteiger partial charge in [-0.15, -0.1) is 21.5 Å². The highest BCUT2D eigenvalue weighted by molar-refractivity contribution is 9.10. The van der Waals surface area contributed by atoms with Crippen molar-refractivity contribution >= 4 is 39.0 Å². The SMILES string of the molecule is COCCn1c(SCc2nc(-c3cc(Br)cs3)no2)nnc1-c1ccncc1. The summed E-state index contributed by atoms with van der Waals surface area (Å²) < 4.78 is 13.6. The lowest BCUT2D eigenvalue weighted by Crippen LogP contribution is -2.07. The van der Waals surface area contributed by atoms with Crippen molar-refractivity contribution in [1.29, 1.82) is 0 Å². The molecule has 0 aliphatic rings. The number of methoxy groups -OCH3 is 1. The standard InChI is InChI=1S/C17H15BrN6O2S2/c1-25-7-6-24-16(11-2-4-19-5-3-11)21-22-17(24)28-10-14-20-15(23-26-14)13-8-12(18)9-27-13/h2-5,8-9H,6-7,10H2,1H3. The fraction of sp³-hybridized carbons (Fsp3) is 0.235. The minimum absolute atomic E-state index is 0.501. The molecule has 4 aromatic heterocycles. The Hall–Kier alpha value is -2.08. The average molecular weight is 479 g/mol. The number of halogens is 1. The highest BCUT2D eigenvalue weighted by Gasteiger charge is 2.16. The molecule has 144 valence electrons. The molecule has 28 heavy (non-hydrogen) atoms. The van der Waals surface area contributed by atoms with Crippen molar-refractivity contribution in [3.05, 3.63) is 46.3 Å². The summed E-state index contributed by atoms with van der Waals surface area (Å²) in [6.45, 7) is 1.20. The largest absolute Gasteiger partial charge is 0.383 e. The lowest BCUT2D eigenvalue weighted by molar-refractivity contribution is 0.185. The number of aromatic nitrogens is 6. The van der Waals surface area contributed by atoms with Crippen LogP contribution in [0.5, 0.6) is 0 Å². The molecule has 0 N–H and O–H groups in total. The van der Waals surface area contributed by atoms with Crippen molar-refractivity contribution in [3.8, 4) is 22.1 Å². The van der Waals surface area contributed by atoms with Gasteiger partial charge in [-0.3, -0.25) is 9.55 Å². The molecular formula is C17H15BrN6O2S2. The molecule has 8 nitrogen and oxygen atoms in total. The van der Waals surface area contributed by atoms with E-state index in [4.69, 9.17) is 9.26 Å². The molecule has 0 radical (unpaired) electrons. The number of hydrogen-bond acceptors (Lipinski definition) is 9. The zero-order valence-electron chi connectivity index (χ0n) is 14.8. The van der Waals surface area contributed by atoms with Crippen molar-refractivity contribution in [3.63, 3.8) is 0 Å². The van der Waals surface area contributed by atoms with E-state index in [-0.39, 0.29) is 0 Å². The maximum absolute atomic E-state index is 5.38. The fourth-order valence-electron chi connectivity index (χ4n) is 2.46. The Morgan fingerprint density at radius 3 is 2.89 bits per heavy atom. The number of hydrogen-bond donors (Lipinski definition) is 0. The van der Waals surface area contributed by atoms with Crippen LogP contribution >= 0.6 is 39.0 Å². The summed E-state index contributed by atoms with van der Waals surface area (Å²) in [6, 6.07) is 5.78. The van der Waals surface area contributed by atoms with Crippen LogP contribution in [-0.4, -0.2) is 43.6 Å². The molecule has 0 saturated carbocycles. The van der Waals surface area contributed by atoms with E-state index in [9.17, 15) is 0 Å². The second-order valence-corrected chi connectivity index (χ2v) is 8.39. The van der Waals surface area contributed by atoms with Crippen molar-refractivity contribution in [1.82, 2.24) is 29.9 Å². The van der Waals surface area contributed by atoms with Gasteiger partial charge in [0.05, 0.1) is 23.8 Å². The first-order chi connectivity index (χ1) is 13.7. The second-order valence-electron chi connectivity index (χ2n) is 5.62. The third-order valence-electron chi connectivity index (χ3n) is 3.76. The van der Waals surface area contributed by atoms with Crippen LogP contribution in [0.2, 0.25) is 0 Å². The summed E-state index contributed by atoms with van der Waals surface area (Å²) in [7, 11) is 1.67. The number of rotatable bonds is 8. The Balaban J connectivity index is 1.52. The van der Waals surface area contributed by atoms with Crippen LogP contribution < -0.4 is 0 Å². The molecule has 0 aliphatic heterocycles. The van der Waals surface area contributed by atoms with E-state index in [2.05, 4.69) is 41.3 Å². The summed E-state index contributed by atoms with van der Waals surface area (Å²) in [4.78, 5) is 9.48. The van der Waals surface area contributed by atoms with Gasteiger partial charge in [-0.1, -0.05) is 16.9 Å². The summed E-state index contributed by atoms with van der Waals surface area (Å²) in [5.41, 5.74) is 0.953. The van der Waals surface area contributed by atoms with E-state index in [1.165, 1.54) is 11.8 Å². The molecule has 4 aromatic rings. The van der Waals surface area contributed by atoms with Crippen LogP contribution in [0.4, 0.5) is 0 Å². The van der Waals surface area contributed by atoms with E-state index in [1.807, 2.05) is 28.1 Å². The molecule has 0 aromatic carbocycles. The van der Waals surface area contributed by atoms with Crippen molar-refractivity contribution in [2.24, 2.45) is 0 Å². The summed E-state index contributed by atoms with van der Waals surface area (Å²) in [6.07, 6.45) is 3.47. The molecule has 11 heteroatoms. The lowest BCUT2D eigenvalue weighted by atomic mass is 10.2. The van der Waals surface area contributed by atoms with E-state index in [0.29, 0.717) is 30.6 Å². The Bertz CT molecular complexity index is 1050. The van der Waals surface area contributed by atoms with Crippen LogP contribution in [0.1, 0.15) is 5.89 Å². The summed E-state index contributed by atoms with van der Waals surface area (Å²) >= 11 is 6.49. The van der Waals surface area contributed by atoms with E-state index >= 15 is 0 Å². The van der Waals surface area contributed by atoms with E-state index in [0.717, 1.165) is 25.9 Å². The zero-order chi connectivity index (χ0) is 19.3. The molecule has 0 amide bonds. The topological polar surface area (TPSA) is 91.8 Å². The average Bonchev–Trinajstić information content (AvgIpc) is 3.45. The quantitative estimate of drug-likeness (QED) is 0.348. The molecule has 0 atom stereocenters. The number of ether oxygens (including phenoxy) is 1. The summed E-state index contributed by atoms with van der Waals surface area (Å²) in [5, 5.41) is 15.5. The molecule has 0 saturated heterocycles. The van der Waals surface area contributed by atoms with Gasteiger partial charge < -0.3 is 9.26 Å². The second kappa shape index (κ2) is 8.95. The zero-order valence-corrected chi connectivity index (χ0v) is 18.0. The van der Waals surface area contributed by atoms with Gasteiger partial charge in [0.1, 0.15) is 0 Å². The van der Waals surface area contributed by atoms with Crippen molar-refractivity contribution in [2.45, 2.75) is 17.5 Å². The Kier molecular flexibility index (Phi) is 6.15. The first kappa shape index (κ1) is 19.2. The van der Waals surface area contributed by atoms with Gasteiger partial charge in [-0.2, -0.15) is 4.98 Å². The number of thioether (sulfide) groups is 1. The van der Waals surface area contributed by atoms with Gasteiger partial charge in [0.2, 0.25) is 11.7 Å². The third-order valence-corrected chi connectivity index (χ3v) is 6.39. The highest BCUT2D eigenvalue weighted by Crippen LogP contribution is 2.29. The third kappa shape index (κ3) is 4.32. The van der Waals surface area contributed by atoms with Gasteiger partial charge in [0.25, 0.3) is 0 Å². The van der Waals surface area contributed by atoms with E-state index < -0.39 is 0 Å². The molecule has 0 unspecified atom stereocenters. The van der Waals surface area contributed by atoms with Crippen LogP contribution in [0, 0.1) is 0 Å².